The third-order valence-electron chi connectivity index (χ3n) is 4.64. The number of carbonyl (C=O) groups is 2. The third kappa shape index (κ3) is 4.91. The third-order valence-corrected chi connectivity index (χ3v) is 4.64. The number of hydrogen-bond donors (Lipinski definition) is 1. The van der Waals surface area contributed by atoms with Crippen molar-refractivity contribution < 1.29 is 28.5 Å². The molecule has 138 valence electrons. The normalized spacial score (nSPS) is 36.3. The van der Waals surface area contributed by atoms with Gasteiger partial charge < -0.3 is 24.3 Å². The van der Waals surface area contributed by atoms with Crippen LogP contribution in [-0.4, -0.2) is 55.7 Å². The van der Waals surface area contributed by atoms with Gasteiger partial charge in [0.05, 0.1) is 12.7 Å². The Morgan fingerprint density at radius 3 is 2.38 bits per heavy atom. The molecule has 2 rings (SSSR count). The molecule has 6 atom stereocenters. The monoisotopic (exact) mass is 343 g/mol. The van der Waals surface area contributed by atoms with Gasteiger partial charge in [0.2, 0.25) is 0 Å². The fourth-order valence-electron chi connectivity index (χ4n) is 3.43. The number of carbonyl (C=O) groups excluding carboxylic acids is 2. The first-order valence-corrected chi connectivity index (χ1v) is 8.77. The molecule has 2 aliphatic heterocycles. The van der Waals surface area contributed by atoms with E-state index in [1.54, 1.807) is 0 Å². The molecule has 0 radical (unpaired) electrons. The predicted octanol–water partition coefficient (Wildman–Crippen LogP) is 1.39. The Morgan fingerprint density at radius 2 is 1.83 bits per heavy atom. The molecule has 1 N–H and O–H groups in total. The summed E-state index contributed by atoms with van der Waals surface area (Å²) in [5.74, 6) is -0.944. The van der Waals surface area contributed by atoms with E-state index in [1.165, 1.54) is 13.8 Å². The van der Waals surface area contributed by atoms with Crippen LogP contribution < -0.4 is 5.32 Å². The lowest BCUT2D eigenvalue weighted by Gasteiger charge is -2.44. The van der Waals surface area contributed by atoms with Crippen LogP contribution >= 0.6 is 0 Å². The van der Waals surface area contributed by atoms with Crippen LogP contribution in [0.15, 0.2) is 0 Å². The minimum atomic E-state index is -0.759. The Bertz CT molecular complexity index is 437. The molecular formula is C17H29NO6. The van der Waals surface area contributed by atoms with Crippen LogP contribution in [0.25, 0.3) is 0 Å². The maximum Gasteiger partial charge on any atom is 0.303 e. The quantitative estimate of drug-likeness (QED) is 0.730. The Balaban J connectivity index is 2.12. The molecule has 24 heavy (non-hydrogen) atoms. The summed E-state index contributed by atoms with van der Waals surface area (Å²) >= 11 is 0. The van der Waals surface area contributed by atoms with Crippen LogP contribution in [-0.2, 0) is 28.5 Å². The molecule has 2 saturated heterocycles. The summed E-state index contributed by atoms with van der Waals surface area (Å²) in [4.78, 5) is 23.0. The molecular weight excluding hydrogens is 314 g/mol. The highest BCUT2D eigenvalue weighted by Crippen LogP contribution is 2.32. The molecule has 0 amide bonds. The van der Waals surface area contributed by atoms with Crippen LogP contribution in [0.5, 0.6) is 0 Å². The first kappa shape index (κ1) is 19.1. The second kappa shape index (κ2) is 8.78. The van der Waals surface area contributed by atoms with Gasteiger partial charge in [-0.05, 0) is 25.8 Å². The maximum atomic E-state index is 11.5. The Hall–Kier alpha value is -1.18. The Kier molecular flexibility index (Phi) is 7.01. The van der Waals surface area contributed by atoms with Gasteiger partial charge in [-0.2, -0.15) is 0 Å². The van der Waals surface area contributed by atoms with Crippen LogP contribution in [0.2, 0.25) is 0 Å². The molecule has 2 heterocycles. The summed E-state index contributed by atoms with van der Waals surface area (Å²) in [6.45, 7) is 8.08. The fourth-order valence-corrected chi connectivity index (χ4v) is 3.43. The molecule has 7 nitrogen and oxygen atoms in total. The SMILES string of the molecule is CC[C@H]1O[C@@H](OCC2CCCN2)[C@H](OC(C)=O)[C@@H](OC(C)=O)[C@H]1C. The summed E-state index contributed by atoms with van der Waals surface area (Å²) in [6.07, 6.45) is 0.735. The zero-order valence-corrected chi connectivity index (χ0v) is 14.9. The van der Waals surface area contributed by atoms with Gasteiger partial charge in [0.1, 0.15) is 6.10 Å². The molecule has 0 saturated carbocycles. The average molecular weight is 343 g/mol. The summed E-state index contributed by atoms with van der Waals surface area (Å²) in [5.41, 5.74) is 0. The minimum absolute atomic E-state index is 0.0901. The van der Waals surface area contributed by atoms with E-state index in [2.05, 4.69) is 5.32 Å². The lowest BCUT2D eigenvalue weighted by molar-refractivity contribution is -0.291. The molecule has 2 aliphatic rings. The molecule has 0 bridgehead atoms. The van der Waals surface area contributed by atoms with Gasteiger partial charge in [-0.25, -0.2) is 0 Å². The first-order valence-electron chi connectivity index (χ1n) is 8.77. The average Bonchev–Trinajstić information content (AvgIpc) is 3.02. The standard InChI is InChI=1S/C17H29NO6/c1-5-14-10(2)15(22-11(3)19)16(23-12(4)20)17(24-14)21-9-13-7-6-8-18-13/h10,13-18H,5-9H2,1-4H3/t10-,13?,14+,15-,16+,17+/m0/s1. The second-order valence-electron chi connectivity index (χ2n) is 6.58. The van der Waals surface area contributed by atoms with Crippen molar-refractivity contribution in [1.82, 2.24) is 5.32 Å². The van der Waals surface area contributed by atoms with Gasteiger partial charge >= 0.3 is 11.9 Å². The minimum Gasteiger partial charge on any atom is -0.458 e. The molecule has 0 aromatic carbocycles. The number of hydrogen-bond acceptors (Lipinski definition) is 7. The number of rotatable bonds is 6. The van der Waals surface area contributed by atoms with E-state index in [9.17, 15) is 9.59 Å². The van der Waals surface area contributed by atoms with Crippen LogP contribution in [0.4, 0.5) is 0 Å². The van der Waals surface area contributed by atoms with Gasteiger partial charge in [0, 0.05) is 25.8 Å². The predicted molar refractivity (Wildman–Crippen MR) is 86.2 cm³/mol. The van der Waals surface area contributed by atoms with Gasteiger partial charge in [0.25, 0.3) is 0 Å². The smallest absolute Gasteiger partial charge is 0.303 e. The topological polar surface area (TPSA) is 83.1 Å². The lowest BCUT2D eigenvalue weighted by atomic mass is 9.89. The summed E-state index contributed by atoms with van der Waals surface area (Å²) in [5, 5.41) is 3.36. The number of nitrogens with one attached hydrogen (secondary N) is 1. The van der Waals surface area contributed by atoms with Crippen molar-refractivity contribution in [2.24, 2.45) is 5.92 Å². The van der Waals surface area contributed by atoms with E-state index in [0.717, 1.165) is 25.8 Å². The molecule has 0 aromatic rings. The molecule has 0 aliphatic carbocycles. The Morgan fingerprint density at radius 1 is 1.17 bits per heavy atom. The van der Waals surface area contributed by atoms with Gasteiger partial charge in [0.15, 0.2) is 12.4 Å². The van der Waals surface area contributed by atoms with Crippen molar-refractivity contribution in [3.8, 4) is 0 Å². The van der Waals surface area contributed by atoms with Crippen LogP contribution in [0, 0.1) is 5.92 Å². The van der Waals surface area contributed by atoms with E-state index < -0.39 is 30.4 Å². The van der Waals surface area contributed by atoms with Crippen molar-refractivity contribution in [3.63, 3.8) is 0 Å². The maximum absolute atomic E-state index is 11.5. The zero-order valence-electron chi connectivity index (χ0n) is 14.9. The fraction of sp³-hybridized carbons (Fsp3) is 0.882. The summed E-state index contributed by atoms with van der Waals surface area (Å²) < 4.78 is 22.8. The van der Waals surface area contributed by atoms with Gasteiger partial charge in [-0.1, -0.05) is 13.8 Å². The van der Waals surface area contributed by atoms with Crippen molar-refractivity contribution in [1.29, 1.82) is 0 Å². The molecule has 0 aromatic heterocycles. The van der Waals surface area contributed by atoms with Gasteiger partial charge in [-0.3, -0.25) is 9.59 Å². The summed E-state index contributed by atoms with van der Waals surface area (Å²) in [6, 6.07) is 0.276. The largest absolute Gasteiger partial charge is 0.458 e. The molecule has 1 unspecified atom stereocenters. The highest BCUT2D eigenvalue weighted by atomic mass is 16.7. The van der Waals surface area contributed by atoms with Crippen molar-refractivity contribution >= 4 is 11.9 Å². The van der Waals surface area contributed by atoms with E-state index in [0.29, 0.717) is 6.61 Å². The molecule has 0 spiro atoms. The van der Waals surface area contributed by atoms with Crippen LogP contribution in [0.3, 0.4) is 0 Å². The number of ether oxygens (including phenoxy) is 4. The van der Waals surface area contributed by atoms with Gasteiger partial charge in [-0.15, -0.1) is 0 Å². The number of esters is 2. The summed E-state index contributed by atoms with van der Waals surface area (Å²) in [7, 11) is 0. The van der Waals surface area contributed by atoms with E-state index in [1.807, 2.05) is 13.8 Å². The second-order valence-corrected chi connectivity index (χ2v) is 6.58. The van der Waals surface area contributed by atoms with Crippen molar-refractivity contribution in [2.45, 2.75) is 77.6 Å². The Labute approximate surface area is 143 Å². The molecule has 2 fully saturated rings. The van der Waals surface area contributed by atoms with Crippen molar-refractivity contribution in [3.05, 3.63) is 0 Å². The first-order chi connectivity index (χ1) is 11.4. The van der Waals surface area contributed by atoms with E-state index >= 15 is 0 Å². The zero-order chi connectivity index (χ0) is 17.7. The highest BCUT2D eigenvalue weighted by Gasteiger charge is 2.48. The van der Waals surface area contributed by atoms with E-state index in [-0.39, 0.29) is 18.1 Å². The van der Waals surface area contributed by atoms with Crippen LogP contribution in [0.1, 0.15) is 47.0 Å². The van der Waals surface area contributed by atoms with E-state index in [4.69, 9.17) is 18.9 Å². The lowest BCUT2D eigenvalue weighted by Crippen LogP contribution is -2.57. The highest BCUT2D eigenvalue weighted by molar-refractivity contribution is 5.67. The molecule has 7 heteroatoms. The van der Waals surface area contributed by atoms with Crippen molar-refractivity contribution in [2.75, 3.05) is 13.2 Å².